The molecule has 0 saturated carbocycles. The van der Waals surface area contributed by atoms with Gasteiger partial charge in [0.05, 0.1) is 17.4 Å². The van der Waals surface area contributed by atoms with Crippen LogP contribution in [0.5, 0.6) is 0 Å². The first-order chi connectivity index (χ1) is 9.47. The van der Waals surface area contributed by atoms with E-state index in [9.17, 15) is 4.79 Å². The second-order valence-corrected chi connectivity index (χ2v) is 6.33. The van der Waals surface area contributed by atoms with Crippen LogP contribution in [0, 0.1) is 13.8 Å². The number of fused-ring (bicyclic) bond motifs is 1. The van der Waals surface area contributed by atoms with Gasteiger partial charge in [0.1, 0.15) is 9.71 Å². The summed E-state index contributed by atoms with van der Waals surface area (Å²) in [5.74, 6) is -0.111. The first-order valence-electron chi connectivity index (χ1n) is 6.48. The Morgan fingerprint density at radius 1 is 1.40 bits per heavy atom. The molecule has 106 valence electrons. The number of nitrogens with zero attached hydrogens (tertiary/aromatic N) is 3. The zero-order chi connectivity index (χ0) is 14.4. The van der Waals surface area contributed by atoms with Gasteiger partial charge in [0.15, 0.2) is 0 Å². The smallest absolute Gasteiger partial charge is 0.263 e. The number of carbonyl (C=O) groups is 1. The van der Waals surface area contributed by atoms with Gasteiger partial charge in [-0.15, -0.1) is 16.4 Å². The summed E-state index contributed by atoms with van der Waals surface area (Å²) in [7, 11) is 2.03. The van der Waals surface area contributed by atoms with Crippen LogP contribution in [-0.4, -0.2) is 47.2 Å². The van der Waals surface area contributed by atoms with E-state index in [1.807, 2.05) is 20.9 Å². The molecular formula is C13H17N5OS. The molecule has 3 heterocycles. The number of likely N-dealkylation sites (tertiary alicyclic amines) is 1. The van der Waals surface area contributed by atoms with E-state index in [0.29, 0.717) is 10.6 Å². The van der Waals surface area contributed by atoms with Crippen molar-refractivity contribution in [2.75, 3.05) is 25.9 Å². The van der Waals surface area contributed by atoms with Crippen molar-refractivity contribution >= 4 is 33.1 Å². The predicted molar refractivity (Wildman–Crippen MR) is 80.1 cm³/mol. The van der Waals surface area contributed by atoms with Crippen LogP contribution in [0.15, 0.2) is 0 Å². The highest BCUT2D eigenvalue weighted by Crippen LogP contribution is 2.34. The summed E-state index contributed by atoms with van der Waals surface area (Å²) in [6.45, 7) is 5.61. The summed E-state index contributed by atoms with van der Waals surface area (Å²) in [4.78, 5) is 15.7. The van der Waals surface area contributed by atoms with Crippen molar-refractivity contribution in [1.29, 1.82) is 0 Å². The minimum atomic E-state index is -0.111. The average Bonchev–Trinajstić information content (AvgIpc) is 2.70. The number of nitrogens with two attached hydrogens (primary N) is 1. The molecule has 0 bridgehead atoms. The Kier molecular flexibility index (Phi) is 3.10. The Balaban J connectivity index is 1.94. The first-order valence-corrected chi connectivity index (χ1v) is 7.30. The lowest BCUT2D eigenvalue weighted by Crippen LogP contribution is -2.57. The second kappa shape index (κ2) is 4.68. The molecule has 1 fully saturated rings. The average molecular weight is 291 g/mol. The van der Waals surface area contributed by atoms with Gasteiger partial charge >= 0.3 is 0 Å². The Hall–Kier alpha value is -1.73. The fourth-order valence-electron chi connectivity index (χ4n) is 2.45. The summed E-state index contributed by atoms with van der Waals surface area (Å²) in [6, 6.07) is 0.214. The lowest BCUT2D eigenvalue weighted by atomic mass is 10.1. The number of aromatic nitrogens is 2. The van der Waals surface area contributed by atoms with Crippen molar-refractivity contribution in [2.45, 2.75) is 19.9 Å². The van der Waals surface area contributed by atoms with E-state index in [-0.39, 0.29) is 11.9 Å². The summed E-state index contributed by atoms with van der Waals surface area (Å²) in [5, 5.41) is 12.1. The van der Waals surface area contributed by atoms with Crippen LogP contribution in [0.25, 0.3) is 10.2 Å². The van der Waals surface area contributed by atoms with Crippen molar-refractivity contribution in [3.8, 4) is 0 Å². The summed E-state index contributed by atoms with van der Waals surface area (Å²) in [6.07, 6.45) is 0. The lowest BCUT2D eigenvalue weighted by molar-refractivity contribution is 0.0862. The summed E-state index contributed by atoms with van der Waals surface area (Å²) >= 11 is 1.31. The zero-order valence-electron chi connectivity index (χ0n) is 11.7. The van der Waals surface area contributed by atoms with Gasteiger partial charge in [-0.1, -0.05) is 0 Å². The van der Waals surface area contributed by atoms with Crippen LogP contribution >= 0.6 is 11.3 Å². The second-order valence-electron chi connectivity index (χ2n) is 5.33. The number of nitrogen functional groups attached to an aromatic ring is 1. The number of anilines is 1. The number of hydrogen-bond donors (Lipinski definition) is 2. The molecule has 6 nitrogen and oxygen atoms in total. The molecule has 2 aromatic heterocycles. The van der Waals surface area contributed by atoms with Gasteiger partial charge in [0, 0.05) is 18.5 Å². The van der Waals surface area contributed by atoms with Crippen LogP contribution < -0.4 is 11.1 Å². The topological polar surface area (TPSA) is 84.1 Å². The summed E-state index contributed by atoms with van der Waals surface area (Å²) in [5.41, 5.74) is 8.50. The fraction of sp³-hybridized carbons (Fsp3) is 0.462. The number of likely N-dealkylation sites (N-methyl/N-ethyl adjacent to an activating group) is 1. The highest BCUT2D eigenvalue weighted by atomic mass is 32.1. The van der Waals surface area contributed by atoms with E-state index < -0.39 is 0 Å². The Morgan fingerprint density at radius 3 is 2.75 bits per heavy atom. The van der Waals surface area contributed by atoms with Crippen molar-refractivity contribution in [3.63, 3.8) is 0 Å². The van der Waals surface area contributed by atoms with Gasteiger partial charge < -0.3 is 16.0 Å². The van der Waals surface area contributed by atoms with E-state index in [1.165, 1.54) is 11.3 Å². The maximum atomic E-state index is 12.3. The van der Waals surface area contributed by atoms with Gasteiger partial charge in [-0.2, -0.15) is 5.10 Å². The van der Waals surface area contributed by atoms with E-state index in [4.69, 9.17) is 5.73 Å². The molecule has 0 radical (unpaired) electrons. The molecule has 20 heavy (non-hydrogen) atoms. The predicted octanol–water partition coefficient (Wildman–Crippen LogP) is 0.934. The van der Waals surface area contributed by atoms with Crippen molar-refractivity contribution in [3.05, 3.63) is 16.1 Å². The fourth-order valence-corrected chi connectivity index (χ4v) is 3.45. The molecule has 1 amide bonds. The van der Waals surface area contributed by atoms with Crippen LogP contribution in [0.3, 0.4) is 0 Å². The Labute approximate surface area is 121 Å². The van der Waals surface area contributed by atoms with Gasteiger partial charge in [0.25, 0.3) is 5.91 Å². The van der Waals surface area contributed by atoms with Crippen LogP contribution in [0.1, 0.15) is 20.9 Å². The largest absolute Gasteiger partial charge is 0.397 e. The molecule has 1 aliphatic rings. The number of amides is 1. The van der Waals surface area contributed by atoms with E-state index in [1.54, 1.807) is 0 Å². The highest BCUT2D eigenvalue weighted by Gasteiger charge is 2.27. The molecule has 0 unspecified atom stereocenters. The molecule has 3 N–H and O–H groups in total. The maximum Gasteiger partial charge on any atom is 0.263 e. The highest BCUT2D eigenvalue weighted by molar-refractivity contribution is 7.21. The molecule has 0 atom stereocenters. The van der Waals surface area contributed by atoms with Gasteiger partial charge in [-0.25, -0.2) is 0 Å². The SMILES string of the molecule is Cc1nnc2sc(C(=O)NC3CN(C)C3)c(N)c2c1C. The Bertz CT molecular complexity index is 690. The van der Waals surface area contributed by atoms with E-state index >= 15 is 0 Å². The van der Waals surface area contributed by atoms with Gasteiger partial charge in [-0.05, 0) is 26.5 Å². The standard InChI is InChI=1S/C13H17N5OS/c1-6-7(2)16-17-13-9(6)10(14)11(20-13)12(19)15-8-4-18(3)5-8/h8H,4-5,14H2,1-3H3,(H,15,19). The summed E-state index contributed by atoms with van der Waals surface area (Å²) < 4.78 is 0. The number of nitrogens with one attached hydrogen (secondary N) is 1. The lowest BCUT2D eigenvalue weighted by Gasteiger charge is -2.36. The van der Waals surface area contributed by atoms with Gasteiger partial charge in [0.2, 0.25) is 0 Å². The van der Waals surface area contributed by atoms with Crippen molar-refractivity contribution in [2.24, 2.45) is 0 Å². The van der Waals surface area contributed by atoms with Crippen molar-refractivity contribution < 1.29 is 4.79 Å². The third-order valence-corrected chi connectivity index (χ3v) is 4.83. The van der Waals surface area contributed by atoms with E-state index in [2.05, 4.69) is 20.4 Å². The quantitative estimate of drug-likeness (QED) is 0.860. The van der Waals surface area contributed by atoms with Crippen LogP contribution in [0.2, 0.25) is 0 Å². The minimum absolute atomic E-state index is 0.111. The number of rotatable bonds is 2. The molecule has 1 aliphatic heterocycles. The maximum absolute atomic E-state index is 12.3. The Morgan fingerprint density at radius 2 is 2.10 bits per heavy atom. The molecule has 0 aromatic carbocycles. The van der Waals surface area contributed by atoms with E-state index in [0.717, 1.165) is 34.6 Å². The molecule has 0 aliphatic carbocycles. The van der Waals surface area contributed by atoms with Gasteiger partial charge in [-0.3, -0.25) is 4.79 Å². The number of carbonyl (C=O) groups excluding carboxylic acids is 1. The zero-order valence-corrected chi connectivity index (χ0v) is 12.5. The van der Waals surface area contributed by atoms with Crippen molar-refractivity contribution in [1.82, 2.24) is 20.4 Å². The number of hydrogen-bond acceptors (Lipinski definition) is 6. The minimum Gasteiger partial charge on any atom is -0.397 e. The van der Waals surface area contributed by atoms with Crippen LogP contribution in [-0.2, 0) is 0 Å². The first kappa shape index (κ1) is 13.3. The number of aryl methyl sites for hydroxylation is 2. The number of thiophene rings is 1. The molecule has 3 rings (SSSR count). The molecule has 2 aromatic rings. The van der Waals surface area contributed by atoms with Crippen LogP contribution in [0.4, 0.5) is 5.69 Å². The third kappa shape index (κ3) is 2.03. The third-order valence-electron chi connectivity index (χ3n) is 3.74. The monoisotopic (exact) mass is 291 g/mol. The molecule has 1 saturated heterocycles. The molecule has 7 heteroatoms. The molecular weight excluding hydrogens is 274 g/mol. The normalized spacial score (nSPS) is 16.4. The molecule has 0 spiro atoms.